The molecule has 1 aromatic rings. The predicted molar refractivity (Wildman–Crippen MR) is 175 cm³/mol. The number of anilines is 1. The van der Waals surface area contributed by atoms with Gasteiger partial charge in [0.15, 0.2) is 0 Å². The standard InChI is InChI=1S/C34H48BrN3O6/c1-9-16-36(22-12-14-24(15-13-22)43-11-3)30(40)26-27-31(41)38(23(20-39)18-21(4)5)29(34(27)19-25(35)28(26)44-34)32(42)37(17-10-2)33(6,7)8/h9-10,12-15,21,23,25-29,39H,1-2,11,16-20H2,3-8H3/t23-,25?,26+,27+,28+,29?,34?/m1/s1. The number of nitrogens with zero attached hydrogens (tertiary/aromatic N) is 3. The second kappa shape index (κ2) is 13.3. The van der Waals surface area contributed by atoms with E-state index in [-0.39, 0.29) is 48.2 Å². The van der Waals surface area contributed by atoms with Crippen molar-refractivity contribution in [2.75, 3.05) is 31.2 Å². The summed E-state index contributed by atoms with van der Waals surface area (Å²) in [4.78, 5) is 48.6. The molecule has 3 heterocycles. The molecule has 1 spiro atoms. The van der Waals surface area contributed by atoms with Gasteiger partial charge in [0.05, 0.1) is 37.2 Å². The molecule has 7 atom stereocenters. The van der Waals surface area contributed by atoms with Gasteiger partial charge in [-0.15, -0.1) is 13.2 Å². The average molecular weight is 675 g/mol. The topological polar surface area (TPSA) is 99.6 Å². The number of carbonyl (C=O) groups excluding carboxylic acids is 3. The van der Waals surface area contributed by atoms with Crippen LogP contribution in [0.4, 0.5) is 5.69 Å². The van der Waals surface area contributed by atoms with Crippen molar-refractivity contribution in [2.45, 2.75) is 88.5 Å². The Labute approximate surface area is 270 Å². The Hall–Kier alpha value is -2.69. The lowest BCUT2D eigenvalue weighted by atomic mass is 9.70. The van der Waals surface area contributed by atoms with Crippen molar-refractivity contribution in [3.8, 4) is 5.75 Å². The van der Waals surface area contributed by atoms with Crippen molar-refractivity contribution in [1.29, 1.82) is 0 Å². The number of ether oxygens (including phenoxy) is 2. The molecule has 0 saturated carbocycles. The van der Waals surface area contributed by atoms with E-state index < -0.39 is 41.2 Å². The highest BCUT2D eigenvalue weighted by Crippen LogP contribution is 2.61. The minimum Gasteiger partial charge on any atom is -0.494 e. The Balaban J connectivity index is 1.83. The first-order chi connectivity index (χ1) is 20.8. The van der Waals surface area contributed by atoms with Crippen molar-refractivity contribution < 1.29 is 29.0 Å². The molecule has 3 aliphatic heterocycles. The van der Waals surface area contributed by atoms with Crippen LogP contribution in [-0.2, 0) is 19.1 Å². The normalized spacial score (nSPS) is 28.2. The lowest BCUT2D eigenvalue weighted by Gasteiger charge is -2.43. The van der Waals surface area contributed by atoms with Crippen molar-refractivity contribution in [2.24, 2.45) is 17.8 Å². The highest BCUT2D eigenvalue weighted by molar-refractivity contribution is 9.09. The van der Waals surface area contributed by atoms with Gasteiger partial charge < -0.3 is 29.3 Å². The van der Waals surface area contributed by atoms with Crippen LogP contribution in [0, 0.1) is 17.8 Å². The second-order valence-corrected chi connectivity index (χ2v) is 14.6. The van der Waals surface area contributed by atoms with Crippen LogP contribution in [0.2, 0.25) is 0 Å². The molecular weight excluding hydrogens is 626 g/mol. The van der Waals surface area contributed by atoms with Crippen LogP contribution in [0.1, 0.15) is 54.4 Å². The third kappa shape index (κ3) is 5.97. The lowest BCUT2D eigenvalue weighted by molar-refractivity contribution is -0.154. The third-order valence-corrected chi connectivity index (χ3v) is 9.86. The molecule has 0 aromatic heterocycles. The van der Waals surface area contributed by atoms with Crippen molar-refractivity contribution in [3.63, 3.8) is 0 Å². The molecule has 4 rings (SSSR count). The smallest absolute Gasteiger partial charge is 0.249 e. The zero-order valence-corrected chi connectivity index (χ0v) is 28.5. The van der Waals surface area contributed by atoms with Crippen molar-refractivity contribution >= 4 is 39.3 Å². The number of hydrogen-bond acceptors (Lipinski definition) is 6. The summed E-state index contributed by atoms with van der Waals surface area (Å²) in [5, 5.41) is 10.6. The number of likely N-dealkylation sites (tertiary alicyclic amines) is 1. The molecule has 0 radical (unpaired) electrons. The van der Waals surface area contributed by atoms with Crippen molar-refractivity contribution in [3.05, 3.63) is 49.6 Å². The van der Waals surface area contributed by atoms with E-state index in [9.17, 15) is 19.5 Å². The maximum absolute atomic E-state index is 14.7. The maximum Gasteiger partial charge on any atom is 0.249 e. The molecule has 0 aliphatic carbocycles. The minimum absolute atomic E-state index is 0.155. The molecule has 3 unspecified atom stereocenters. The summed E-state index contributed by atoms with van der Waals surface area (Å²) in [5.74, 6) is -1.73. The van der Waals surface area contributed by atoms with Gasteiger partial charge in [-0.2, -0.15) is 0 Å². The van der Waals surface area contributed by atoms with Crippen LogP contribution in [0.15, 0.2) is 49.6 Å². The molecule has 44 heavy (non-hydrogen) atoms. The highest BCUT2D eigenvalue weighted by Gasteiger charge is 2.77. The Kier molecular flexibility index (Phi) is 10.4. The number of rotatable bonds is 13. The van der Waals surface area contributed by atoms with E-state index in [1.165, 1.54) is 0 Å². The number of amides is 3. The molecule has 9 nitrogen and oxygen atoms in total. The summed E-state index contributed by atoms with van der Waals surface area (Å²) in [6.45, 7) is 20.2. The fourth-order valence-corrected chi connectivity index (χ4v) is 8.28. The van der Waals surface area contributed by atoms with E-state index in [0.717, 1.165) is 0 Å². The Morgan fingerprint density at radius 2 is 1.82 bits per heavy atom. The van der Waals surface area contributed by atoms with Crippen LogP contribution >= 0.6 is 15.9 Å². The molecule has 242 valence electrons. The minimum atomic E-state index is -1.24. The largest absolute Gasteiger partial charge is 0.494 e. The highest BCUT2D eigenvalue weighted by atomic mass is 79.9. The summed E-state index contributed by atoms with van der Waals surface area (Å²) in [6.07, 6.45) is 3.61. The van der Waals surface area contributed by atoms with Gasteiger partial charge in [0.2, 0.25) is 17.7 Å². The fourth-order valence-electron chi connectivity index (χ4n) is 7.33. The van der Waals surface area contributed by atoms with Gasteiger partial charge >= 0.3 is 0 Å². The van der Waals surface area contributed by atoms with Gasteiger partial charge in [0.1, 0.15) is 17.4 Å². The van der Waals surface area contributed by atoms with Gasteiger partial charge in [-0.25, -0.2) is 0 Å². The third-order valence-electron chi connectivity index (χ3n) is 9.02. The van der Waals surface area contributed by atoms with E-state index >= 15 is 0 Å². The summed E-state index contributed by atoms with van der Waals surface area (Å²) in [7, 11) is 0. The number of fused-ring (bicyclic) bond motifs is 1. The van der Waals surface area contributed by atoms with Gasteiger partial charge in [0.25, 0.3) is 0 Å². The number of aliphatic hydroxyl groups is 1. The number of aliphatic hydroxyl groups excluding tert-OH is 1. The summed E-state index contributed by atoms with van der Waals surface area (Å²) < 4.78 is 12.4. The maximum atomic E-state index is 14.7. The summed E-state index contributed by atoms with van der Waals surface area (Å²) >= 11 is 3.77. The van der Waals surface area contributed by atoms with Crippen LogP contribution in [0.5, 0.6) is 5.75 Å². The number of hydrogen-bond donors (Lipinski definition) is 1. The second-order valence-electron chi connectivity index (χ2n) is 13.4. The first-order valence-corrected chi connectivity index (χ1v) is 16.5. The van der Waals surface area contributed by atoms with Crippen LogP contribution < -0.4 is 9.64 Å². The van der Waals surface area contributed by atoms with Gasteiger partial charge in [-0.1, -0.05) is 41.9 Å². The number of alkyl halides is 1. The van der Waals surface area contributed by atoms with E-state index in [0.29, 0.717) is 30.9 Å². The van der Waals surface area contributed by atoms with Crippen LogP contribution in [-0.4, -0.2) is 93.1 Å². The molecular formula is C34H48BrN3O6. The van der Waals surface area contributed by atoms with Crippen molar-refractivity contribution in [1.82, 2.24) is 9.80 Å². The zero-order valence-electron chi connectivity index (χ0n) is 26.9. The number of carbonyl (C=O) groups is 3. The molecule has 3 saturated heterocycles. The molecule has 1 N–H and O–H groups in total. The Bertz CT molecular complexity index is 1250. The monoisotopic (exact) mass is 673 g/mol. The van der Waals surface area contributed by atoms with Crippen LogP contribution in [0.25, 0.3) is 0 Å². The van der Waals surface area contributed by atoms with Crippen LogP contribution in [0.3, 0.4) is 0 Å². The number of benzene rings is 1. The first-order valence-electron chi connectivity index (χ1n) is 15.6. The molecule has 1 aromatic carbocycles. The zero-order chi connectivity index (χ0) is 32.6. The lowest BCUT2D eigenvalue weighted by Crippen LogP contribution is -2.62. The predicted octanol–water partition coefficient (Wildman–Crippen LogP) is 4.57. The summed E-state index contributed by atoms with van der Waals surface area (Å²) in [6, 6.07) is 5.64. The molecule has 3 amide bonds. The SMILES string of the molecule is C=CCN(C(=O)[C@H]1[C@H]2C(=O)N([C@@H](CO)CC(C)C)C(C(=O)N(CC=C)C(C)(C)C)C23CC(Br)[C@@H]1O3)c1ccc(OCC)cc1. The Morgan fingerprint density at radius 3 is 2.34 bits per heavy atom. The quantitative estimate of drug-likeness (QED) is 0.243. The molecule has 3 aliphatic rings. The van der Waals surface area contributed by atoms with E-state index in [2.05, 4.69) is 29.1 Å². The molecule has 3 fully saturated rings. The van der Waals surface area contributed by atoms with Gasteiger partial charge in [-0.3, -0.25) is 14.4 Å². The van der Waals surface area contributed by atoms with E-state index in [1.807, 2.05) is 65.8 Å². The average Bonchev–Trinajstić information content (AvgIpc) is 3.56. The summed E-state index contributed by atoms with van der Waals surface area (Å²) in [5.41, 5.74) is -1.16. The Morgan fingerprint density at radius 1 is 1.18 bits per heavy atom. The molecule has 10 heteroatoms. The number of halogens is 1. The van der Waals surface area contributed by atoms with Gasteiger partial charge in [0, 0.05) is 29.1 Å². The van der Waals surface area contributed by atoms with Gasteiger partial charge in [-0.05, 0) is 70.7 Å². The molecule has 2 bridgehead atoms. The fraction of sp³-hybridized carbons (Fsp3) is 0.618. The first kappa shape index (κ1) is 34.2. The van der Waals surface area contributed by atoms with E-state index in [1.54, 1.807) is 26.9 Å². The van der Waals surface area contributed by atoms with E-state index in [4.69, 9.17) is 9.47 Å².